The number of rotatable bonds is 1. The summed E-state index contributed by atoms with van der Waals surface area (Å²) in [6.07, 6.45) is -4.63. The molecule has 0 amide bonds. The van der Waals surface area contributed by atoms with Crippen molar-refractivity contribution in [3.05, 3.63) is 29.6 Å². The number of carbonyl (C=O) groups excluding carboxylic acids is 1. The molecule has 14 heavy (non-hydrogen) atoms. The van der Waals surface area contributed by atoms with Crippen LogP contribution in [0.5, 0.6) is 0 Å². The Hall–Kier alpha value is -1.53. The van der Waals surface area contributed by atoms with Crippen LogP contribution in [0.15, 0.2) is 12.4 Å². The van der Waals surface area contributed by atoms with Crippen molar-refractivity contribution in [3.8, 4) is 0 Å². The van der Waals surface area contributed by atoms with Crippen molar-refractivity contribution in [1.82, 2.24) is 4.98 Å². The topological polar surface area (TPSA) is 30.0 Å². The molecule has 1 rings (SSSR count). The molecule has 0 aromatic carbocycles. The van der Waals surface area contributed by atoms with Crippen molar-refractivity contribution >= 4 is 5.78 Å². The van der Waals surface area contributed by atoms with Gasteiger partial charge in [0.15, 0.2) is 11.6 Å². The predicted octanol–water partition coefficient (Wildman–Crippen LogP) is 2.10. The van der Waals surface area contributed by atoms with Crippen molar-refractivity contribution in [2.45, 2.75) is 6.18 Å². The smallest absolute Gasteiger partial charge is 0.284 e. The first-order chi connectivity index (χ1) is 6.34. The van der Waals surface area contributed by atoms with Crippen LogP contribution in [0.2, 0.25) is 0 Å². The Kier molecular flexibility index (Phi) is 2.50. The van der Waals surface area contributed by atoms with Gasteiger partial charge in [-0.15, -0.1) is 0 Å². The summed E-state index contributed by atoms with van der Waals surface area (Å²) in [4.78, 5) is 13.4. The predicted molar refractivity (Wildman–Crippen MR) is 34.5 cm³/mol. The second-order valence-corrected chi connectivity index (χ2v) is 2.31. The molecular weight excluding hydrogens is 209 g/mol. The second-order valence-electron chi connectivity index (χ2n) is 2.31. The zero-order valence-electron chi connectivity index (χ0n) is 6.40. The highest BCUT2D eigenvalue weighted by Crippen LogP contribution is 2.24. The van der Waals surface area contributed by atoms with Gasteiger partial charge in [-0.25, -0.2) is 8.78 Å². The van der Waals surface area contributed by atoms with E-state index in [1.54, 1.807) is 0 Å². The van der Waals surface area contributed by atoms with Crippen molar-refractivity contribution in [1.29, 1.82) is 0 Å². The maximum absolute atomic E-state index is 12.6. The lowest BCUT2D eigenvalue weighted by molar-refractivity contribution is -0.0890. The van der Waals surface area contributed by atoms with Gasteiger partial charge in [-0.1, -0.05) is 0 Å². The first kappa shape index (κ1) is 10.6. The molecule has 0 spiro atoms. The lowest BCUT2D eigenvalue weighted by Gasteiger charge is -2.05. The fraction of sp³-hybridized carbons (Fsp3) is 0.143. The molecule has 0 aliphatic heterocycles. The van der Waals surface area contributed by atoms with Crippen LogP contribution >= 0.6 is 0 Å². The highest BCUT2D eigenvalue weighted by molar-refractivity contribution is 6.00. The summed E-state index contributed by atoms with van der Waals surface area (Å²) < 4.78 is 60.6. The molecule has 2 nitrogen and oxygen atoms in total. The van der Waals surface area contributed by atoms with Gasteiger partial charge in [0.2, 0.25) is 0 Å². The van der Waals surface area contributed by atoms with E-state index >= 15 is 0 Å². The normalized spacial score (nSPS) is 11.5. The quantitative estimate of drug-likeness (QED) is 0.526. The van der Waals surface area contributed by atoms with Crippen LogP contribution in [-0.2, 0) is 0 Å². The van der Waals surface area contributed by atoms with Crippen molar-refractivity contribution in [2.75, 3.05) is 0 Å². The summed E-state index contributed by atoms with van der Waals surface area (Å²) in [5, 5.41) is 0. The highest BCUT2D eigenvalue weighted by Gasteiger charge is 2.42. The molecule has 0 bridgehead atoms. The van der Waals surface area contributed by atoms with Crippen molar-refractivity contribution in [2.24, 2.45) is 0 Å². The van der Waals surface area contributed by atoms with Crippen LogP contribution in [0.1, 0.15) is 10.4 Å². The molecular formula is C7H2F5NO. The molecule has 0 N–H and O–H groups in total. The molecule has 0 atom stereocenters. The molecule has 0 fully saturated rings. The summed E-state index contributed by atoms with van der Waals surface area (Å²) in [6.45, 7) is 0. The van der Waals surface area contributed by atoms with Crippen LogP contribution in [0.3, 0.4) is 0 Å². The SMILES string of the molecule is O=C(c1c(F)cncc1F)C(F)(F)F. The van der Waals surface area contributed by atoms with Crippen LogP contribution < -0.4 is 0 Å². The number of carbonyl (C=O) groups is 1. The maximum Gasteiger partial charge on any atom is 0.455 e. The Bertz CT molecular complexity index is 353. The van der Waals surface area contributed by atoms with E-state index in [-0.39, 0.29) is 0 Å². The van der Waals surface area contributed by atoms with Gasteiger partial charge in [0.05, 0.1) is 12.4 Å². The number of hydrogen-bond donors (Lipinski definition) is 0. The number of pyridine rings is 1. The Morgan fingerprint density at radius 1 is 1.14 bits per heavy atom. The van der Waals surface area contributed by atoms with Crippen LogP contribution in [-0.4, -0.2) is 16.9 Å². The lowest BCUT2D eigenvalue weighted by Crippen LogP contribution is -2.25. The van der Waals surface area contributed by atoms with Crippen LogP contribution in [0.25, 0.3) is 0 Å². The van der Waals surface area contributed by atoms with Gasteiger partial charge in [-0.2, -0.15) is 13.2 Å². The van der Waals surface area contributed by atoms with E-state index in [1.807, 2.05) is 0 Å². The number of alkyl halides is 3. The molecule has 0 aliphatic carbocycles. The minimum atomic E-state index is -5.30. The highest BCUT2D eigenvalue weighted by atomic mass is 19.4. The fourth-order valence-corrected chi connectivity index (χ4v) is 0.770. The summed E-state index contributed by atoms with van der Waals surface area (Å²) in [7, 11) is 0. The third-order valence-electron chi connectivity index (χ3n) is 1.34. The third kappa shape index (κ3) is 1.86. The van der Waals surface area contributed by atoms with E-state index < -0.39 is 29.2 Å². The molecule has 0 saturated heterocycles. The third-order valence-corrected chi connectivity index (χ3v) is 1.34. The van der Waals surface area contributed by atoms with Crippen molar-refractivity contribution in [3.63, 3.8) is 0 Å². The van der Waals surface area contributed by atoms with Gasteiger partial charge in [-0.05, 0) is 0 Å². The number of hydrogen-bond acceptors (Lipinski definition) is 2. The molecule has 1 aromatic rings. The van der Waals surface area contributed by atoms with E-state index in [9.17, 15) is 26.7 Å². The largest absolute Gasteiger partial charge is 0.455 e. The molecule has 0 saturated carbocycles. The average molecular weight is 211 g/mol. The maximum atomic E-state index is 12.6. The number of halogens is 5. The second kappa shape index (κ2) is 3.32. The first-order valence-electron chi connectivity index (χ1n) is 3.24. The van der Waals surface area contributed by atoms with Gasteiger partial charge >= 0.3 is 6.18 Å². The Labute approximate surface area is 74.4 Å². The van der Waals surface area contributed by atoms with E-state index in [0.717, 1.165) is 0 Å². The summed E-state index contributed by atoms with van der Waals surface area (Å²) >= 11 is 0. The molecule has 1 aromatic heterocycles. The Balaban J connectivity index is 3.26. The first-order valence-corrected chi connectivity index (χ1v) is 3.24. The zero-order valence-corrected chi connectivity index (χ0v) is 6.40. The van der Waals surface area contributed by atoms with Gasteiger partial charge in [-0.3, -0.25) is 9.78 Å². The average Bonchev–Trinajstić information content (AvgIpc) is 2.01. The molecule has 1 heterocycles. The van der Waals surface area contributed by atoms with Crippen LogP contribution in [0, 0.1) is 11.6 Å². The summed E-state index contributed by atoms with van der Waals surface area (Å²) in [6, 6.07) is 0. The fourth-order valence-electron chi connectivity index (χ4n) is 0.770. The van der Waals surface area contributed by atoms with Crippen molar-refractivity contribution < 1.29 is 26.7 Å². The zero-order chi connectivity index (χ0) is 10.9. The molecule has 7 heteroatoms. The Morgan fingerprint density at radius 2 is 1.57 bits per heavy atom. The minimum Gasteiger partial charge on any atom is -0.284 e. The van der Waals surface area contributed by atoms with E-state index in [4.69, 9.17) is 0 Å². The van der Waals surface area contributed by atoms with E-state index in [0.29, 0.717) is 12.4 Å². The molecule has 76 valence electrons. The molecule has 0 radical (unpaired) electrons. The molecule has 0 aliphatic rings. The number of aromatic nitrogens is 1. The standard InChI is InChI=1S/C7H2F5NO/c8-3-1-13-2-4(9)5(3)6(14)7(10,11)12/h1-2H. The minimum absolute atomic E-state index is 0.335. The molecule has 0 unspecified atom stereocenters. The van der Waals surface area contributed by atoms with Gasteiger partial charge in [0.1, 0.15) is 5.56 Å². The lowest BCUT2D eigenvalue weighted by atomic mass is 10.1. The number of Topliss-reactive ketones (excluding diaryl/α,β-unsaturated/α-hetero) is 1. The monoisotopic (exact) mass is 211 g/mol. The van der Waals surface area contributed by atoms with Crippen LogP contribution in [0.4, 0.5) is 22.0 Å². The number of nitrogens with zero attached hydrogens (tertiary/aromatic N) is 1. The van der Waals surface area contributed by atoms with Gasteiger partial charge in [0.25, 0.3) is 5.78 Å². The van der Waals surface area contributed by atoms with E-state index in [1.165, 1.54) is 0 Å². The summed E-state index contributed by atoms with van der Waals surface area (Å²) in [5.41, 5.74) is -1.63. The van der Waals surface area contributed by atoms with E-state index in [2.05, 4.69) is 4.98 Å². The van der Waals surface area contributed by atoms with Gasteiger partial charge in [0, 0.05) is 0 Å². The summed E-state index contributed by atoms with van der Waals surface area (Å²) in [5.74, 6) is -5.82. The number of ketones is 1. The van der Waals surface area contributed by atoms with Gasteiger partial charge < -0.3 is 0 Å². The Morgan fingerprint density at radius 3 is 1.93 bits per heavy atom.